The molecule has 1 unspecified atom stereocenters. The Kier molecular flexibility index (Phi) is 3.32. The van der Waals surface area contributed by atoms with Crippen LogP contribution in [-0.4, -0.2) is 19.0 Å². The zero-order valence-corrected chi connectivity index (χ0v) is 8.62. The monoisotopic (exact) mass is 178 g/mol. The van der Waals surface area contributed by atoms with Gasteiger partial charge in [0.05, 0.1) is 0 Å². The number of hydrogen-bond donors (Lipinski definition) is 1. The standard InChI is InChI=1S/C11H18N2/c1-4-11(13(2)3)9-5-7-10(12)8-6-9/h5-8,11H,4,12H2,1-3H3. The lowest BCUT2D eigenvalue weighted by Gasteiger charge is -2.23. The van der Waals surface area contributed by atoms with E-state index in [-0.39, 0.29) is 0 Å². The summed E-state index contributed by atoms with van der Waals surface area (Å²) in [5.74, 6) is 0. The van der Waals surface area contributed by atoms with Crippen molar-refractivity contribution in [1.29, 1.82) is 0 Å². The highest BCUT2D eigenvalue weighted by molar-refractivity contribution is 5.40. The first-order valence-corrected chi connectivity index (χ1v) is 4.67. The fraction of sp³-hybridized carbons (Fsp3) is 0.455. The molecule has 1 rings (SSSR count). The van der Waals surface area contributed by atoms with Gasteiger partial charge in [0, 0.05) is 11.7 Å². The SMILES string of the molecule is CCC(c1ccc(N)cc1)N(C)C. The lowest BCUT2D eigenvalue weighted by Crippen LogP contribution is -2.18. The maximum Gasteiger partial charge on any atom is 0.0339 e. The number of nitrogens with two attached hydrogens (primary N) is 1. The van der Waals surface area contributed by atoms with Gasteiger partial charge >= 0.3 is 0 Å². The van der Waals surface area contributed by atoms with Gasteiger partial charge < -0.3 is 10.6 Å². The summed E-state index contributed by atoms with van der Waals surface area (Å²) in [4.78, 5) is 2.23. The molecule has 2 nitrogen and oxygen atoms in total. The molecule has 0 aliphatic rings. The van der Waals surface area contributed by atoms with Crippen LogP contribution in [0.15, 0.2) is 24.3 Å². The molecule has 0 bridgehead atoms. The molecule has 0 fully saturated rings. The van der Waals surface area contributed by atoms with Crippen LogP contribution in [-0.2, 0) is 0 Å². The Bertz CT molecular complexity index is 251. The first-order valence-electron chi connectivity index (χ1n) is 4.67. The molecule has 72 valence electrons. The number of nitrogen functional groups attached to an aromatic ring is 1. The minimum absolute atomic E-state index is 0.501. The summed E-state index contributed by atoms with van der Waals surface area (Å²) in [6.45, 7) is 2.20. The minimum Gasteiger partial charge on any atom is -0.399 e. The molecule has 0 saturated heterocycles. The molecule has 1 atom stereocenters. The molecule has 1 aromatic carbocycles. The number of rotatable bonds is 3. The van der Waals surface area contributed by atoms with E-state index < -0.39 is 0 Å². The summed E-state index contributed by atoms with van der Waals surface area (Å²) in [5, 5.41) is 0. The summed E-state index contributed by atoms with van der Waals surface area (Å²) in [5.41, 5.74) is 7.80. The van der Waals surface area contributed by atoms with Gasteiger partial charge in [-0.25, -0.2) is 0 Å². The van der Waals surface area contributed by atoms with Crippen LogP contribution >= 0.6 is 0 Å². The van der Waals surface area contributed by atoms with Crippen LogP contribution in [0.5, 0.6) is 0 Å². The zero-order chi connectivity index (χ0) is 9.84. The van der Waals surface area contributed by atoms with E-state index in [1.54, 1.807) is 0 Å². The van der Waals surface area contributed by atoms with Crippen molar-refractivity contribution in [2.24, 2.45) is 0 Å². The van der Waals surface area contributed by atoms with Gasteiger partial charge in [0.15, 0.2) is 0 Å². The fourth-order valence-corrected chi connectivity index (χ4v) is 1.62. The Morgan fingerprint density at radius 3 is 2.15 bits per heavy atom. The average molecular weight is 178 g/mol. The normalized spacial score (nSPS) is 13.2. The first-order chi connectivity index (χ1) is 6.15. The fourth-order valence-electron chi connectivity index (χ4n) is 1.62. The van der Waals surface area contributed by atoms with Gasteiger partial charge in [0.2, 0.25) is 0 Å². The number of benzene rings is 1. The van der Waals surface area contributed by atoms with Crippen LogP contribution in [0.2, 0.25) is 0 Å². The summed E-state index contributed by atoms with van der Waals surface area (Å²) >= 11 is 0. The molecule has 2 heteroatoms. The molecular weight excluding hydrogens is 160 g/mol. The van der Waals surface area contributed by atoms with Gasteiger partial charge in [-0.3, -0.25) is 0 Å². The number of hydrogen-bond acceptors (Lipinski definition) is 2. The molecule has 1 aromatic rings. The first kappa shape index (κ1) is 10.1. The number of anilines is 1. The second-order valence-electron chi connectivity index (χ2n) is 3.55. The summed E-state index contributed by atoms with van der Waals surface area (Å²) in [6, 6.07) is 8.62. The third-order valence-electron chi connectivity index (χ3n) is 2.33. The van der Waals surface area contributed by atoms with Gasteiger partial charge in [-0.15, -0.1) is 0 Å². The van der Waals surface area contributed by atoms with Crippen molar-refractivity contribution < 1.29 is 0 Å². The molecule has 0 amide bonds. The zero-order valence-electron chi connectivity index (χ0n) is 8.62. The topological polar surface area (TPSA) is 29.3 Å². The average Bonchev–Trinajstić information content (AvgIpc) is 2.09. The van der Waals surface area contributed by atoms with E-state index in [0.717, 1.165) is 12.1 Å². The third kappa shape index (κ3) is 2.46. The highest BCUT2D eigenvalue weighted by Crippen LogP contribution is 2.21. The minimum atomic E-state index is 0.501. The molecule has 0 aromatic heterocycles. The Balaban J connectivity index is 2.86. The summed E-state index contributed by atoms with van der Waals surface area (Å²) in [6.07, 6.45) is 1.12. The molecule has 0 aliphatic heterocycles. The summed E-state index contributed by atoms with van der Waals surface area (Å²) < 4.78 is 0. The molecule has 0 saturated carbocycles. The molecule has 2 N–H and O–H groups in total. The predicted molar refractivity (Wildman–Crippen MR) is 57.6 cm³/mol. The van der Waals surface area contributed by atoms with Crippen molar-refractivity contribution >= 4 is 5.69 Å². The molecule has 0 heterocycles. The molecule has 0 aliphatic carbocycles. The summed E-state index contributed by atoms with van der Waals surface area (Å²) in [7, 11) is 4.20. The van der Waals surface area contributed by atoms with E-state index >= 15 is 0 Å². The molecular formula is C11H18N2. The maximum atomic E-state index is 5.63. The largest absolute Gasteiger partial charge is 0.399 e. The highest BCUT2D eigenvalue weighted by Gasteiger charge is 2.10. The van der Waals surface area contributed by atoms with E-state index in [2.05, 4.69) is 38.1 Å². The van der Waals surface area contributed by atoms with Crippen LogP contribution in [0.4, 0.5) is 5.69 Å². The predicted octanol–water partition coefficient (Wildman–Crippen LogP) is 2.28. The van der Waals surface area contributed by atoms with Crippen molar-refractivity contribution in [2.75, 3.05) is 19.8 Å². The van der Waals surface area contributed by atoms with Crippen molar-refractivity contribution in [2.45, 2.75) is 19.4 Å². The molecule has 13 heavy (non-hydrogen) atoms. The molecule has 0 radical (unpaired) electrons. The van der Waals surface area contributed by atoms with Gasteiger partial charge in [-0.2, -0.15) is 0 Å². The third-order valence-corrected chi connectivity index (χ3v) is 2.33. The lowest BCUT2D eigenvalue weighted by atomic mass is 10.0. The molecule has 0 spiro atoms. The van der Waals surface area contributed by atoms with E-state index in [9.17, 15) is 0 Å². The van der Waals surface area contributed by atoms with E-state index in [1.165, 1.54) is 5.56 Å². The van der Waals surface area contributed by atoms with Gasteiger partial charge in [-0.1, -0.05) is 19.1 Å². The second kappa shape index (κ2) is 4.28. The maximum absolute atomic E-state index is 5.63. The smallest absolute Gasteiger partial charge is 0.0339 e. The van der Waals surface area contributed by atoms with E-state index in [0.29, 0.717) is 6.04 Å². The quantitative estimate of drug-likeness (QED) is 0.719. The number of nitrogens with zero attached hydrogens (tertiary/aromatic N) is 1. The Labute approximate surface area is 80.4 Å². The van der Waals surface area contributed by atoms with Crippen molar-refractivity contribution in [1.82, 2.24) is 4.90 Å². The highest BCUT2D eigenvalue weighted by atomic mass is 15.1. The Hall–Kier alpha value is -1.02. The van der Waals surface area contributed by atoms with Gasteiger partial charge in [0.1, 0.15) is 0 Å². The Morgan fingerprint density at radius 2 is 1.77 bits per heavy atom. The van der Waals surface area contributed by atoms with Crippen LogP contribution in [0, 0.1) is 0 Å². The van der Waals surface area contributed by atoms with Crippen molar-refractivity contribution in [3.05, 3.63) is 29.8 Å². The Morgan fingerprint density at radius 1 is 1.23 bits per heavy atom. The van der Waals surface area contributed by atoms with E-state index in [1.807, 2.05) is 12.1 Å². The second-order valence-corrected chi connectivity index (χ2v) is 3.55. The van der Waals surface area contributed by atoms with E-state index in [4.69, 9.17) is 5.73 Å². The van der Waals surface area contributed by atoms with Crippen LogP contribution in [0.25, 0.3) is 0 Å². The van der Waals surface area contributed by atoms with Gasteiger partial charge in [-0.05, 0) is 38.2 Å². The van der Waals surface area contributed by atoms with Crippen LogP contribution < -0.4 is 5.73 Å². The van der Waals surface area contributed by atoms with Crippen LogP contribution in [0.3, 0.4) is 0 Å². The lowest BCUT2D eigenvalue weighted by molar-refractivity contribution is 0.292. The van der Waals surface area contributed by atoms with Crippen molar-refractivity contribution in [3.8, 4) is 0 Å². The van der Waals surface area contributed by atoms with Crippen LogP contribution in [0.1, 0.15) is 24.9 Å². The van der Waals surface area contributed by atoms with Gasteiger partial charge in [0.25, 0.3) is 0 Å². The van der Waals surface area contributed by atoms with Crippen molar-refractivity contribution in [3.63, 3.8) is 0 Å².